The van der Waals surface area contributed by atoms with Gasteiger partial charge in [0, 0.05) is 11.4 Å². The van der Waals surface area contributed by atoms with Gasteiger partial charge in [0.1, 0.15) is 11.1 Å². The Balaban J connectivity index is 1.46. The predicted molar refractivity (Wildman–Crippen MR) is 125 cm³/mol. The Kier molecular flexibility index (Phi) is 6.84. The Morgan fingerprint density at radius 1 is 1.48 bits per heavy atom. The maximum absolute atomic E-state index is 12.7. The maximum Gasteiger partial charge on any atom is 0.235 e. The van der Waals surface area contributed by atoms with E-state index >= 15 is 0 Å². The number of anilines is 1. The number of amides is 1. The van der Waals surface area contributed by atoms with E-state index in [4.69, 9.17) is 4.42 Å². The van der Waals surface area contributed by atoms with Gasteiger partial charge in [-0.25, -0.2) is 0 Å². The van der Waals surface area contributed by atoms with Crippen LogP contribution < -0.4 is 5.32 Å². The molecule has 0 bridgehead atoms. The normalized spacial score (nSPS) is 15.5. The molecule has 7 nitrogen and oxygen atoms in total. The van der Waals surface area contributed by atoms with Crippen molar-refractivity contribution >= 4 is 49.9 Å². The van der Waals surface area contributed by atoms with E-state index in [2.05, 4.69) is 51.4 Å². The number of aromatic nitrogens is 3. The van der Waals surface area contributed by atoms with Crippen LogP contribution in [0.1, 0.15) is 42.7 Å². The highest BCUT2D eigenvalue weighted by Gasteiger charge is 2.25. The molecule has 1 aliphatic carbocycles. The van der Waals surface area contributed by atoms with E-state index < -0.39 is 0 Å². The van der Waals surface area contributed by atoms with E-state index in [9.17, 15) is 10.1 Å². The number of nitriles is 1. The molecular formula is C21H22BrN5O2S2. The third kappa shape index (κ3) is 4.73. The van der Waals surface area contributed by atoms with Crippen molar-refractivity contribution < 1.29 is 9.21 Å². The summed E-state index contributed by atoms with van der Waals surface area (Å²) in [5.41, 5.74) is 1.75. The molecule has 3 aromatic rings. The van der Waals surface area contributed by atoms with Gasteiger partial charge in [0.15, 0.2) is 15.6 Å². The van der Waals surface area contributed by atoms with Crippen molar-refractivity contribution in [2.24, 2.45) is 5.92 Å². The Bertz CT molecular complexity index is 1140. The molecule has 1 N–H and O–H groups in total. The summed E-state index contributed by atoms with van der Waals surface area (Å²) >= 11 is 6.19. The molecule has 4 rings (SSSR count). The Hall–Kier alpha value is -2.09. The molecule has 0 aromatic carbocycles. The first kappa shape index (κ1) is 22.1. The van der Waals surface area contributed by atoms with Crippen LogP contribution in [0.4, 0.5) is 5.00 Å². The molecule has 0 saturated carbocycles. The number of carbonyl (C=O) groups is 1. The van der Waals surface area contributed by atoms with E-state index in [0.29, 0.717) is 37.9 Å². The van der Waals surface area contributed by atoms with Gasteiger partial charge in [-0.15, -0.1) is 21.5 Å². The summed E-state index contributed by atoms with van der Waals surface area (Å²) in [5, 5.41) is 22.4. The molecule has 31 heavy (non-hydrogen) atoms. The number of thioether (sulfide) groups is 1. The molecule has 0 spiro atoms. The van der Waals surface area contributed by atoms with Crippen molar-refractivity contribution in [3.63, 3.8) is 0 Å². The number of fused-ring (bicyclic) bond motifs is 1. The first-order chi connectivity index (χ1) is 15.0. The van der Waals surface area contributed by atoms with Gasteiger partial charge < -0.3 is 9.73 Å². The van der Waals surface area contributed by atoms with Crippen molar-refractivity contribution in [1.29, 1.82) is 5.26 Å². The first-order valence-electron chi connectivity index (χ1n) is 10.2. The summed E-state index contributed by atoms with van der Waals surface area (Å²) < 4.78 is 8.22. The number of rotatable bonds is 7. The summed E-state index contributed by atoms with van der Waals surface area (Å²) in [4.78, 5) is 13.9. The molecule has 3 aromatic heterocycles. The summed E-state index contributed by atoms with van der Waals surface area (Å²) in [5.74, 6) is 1.92. The van der Waals surface area contributed by atoms with Gasteiger partial charge in [-0.3, -0.25) is 9.36 Å². The molecule has 0 radical (unpaired) electrons. The Morgan fingerprint density at radius 3 is 3.03 bits per heavy atom. The minimum Gasteiger partial charge on any atom is -0.446 e. The van der Waals surface area contributed by atoms with Gasteiger partial charge in [-0.2, -0.15) is 5.26 Å². The third-order valence-corrected chi connectivity index (χ3v) is 7.73. The van der Waals surface area contributed by atoms with Gasteiger partial charge in [-0.05, 0) is 65.2 Å². The molecule has 10 heteroatoms. The monoisotopic (exact) mass is 519 g/mol. The third-order valence-electron chi connectivity index (χ3n) is 5.17. The predicted octanol–water partition coefficient (Wildman–Crippen LogP) is 5.50. The van der Waals surface area contributed by atoms with E-state index in [1.165, 1.54) is 16.6 Å². The average molecular weight is 520 g/mol. The fourth-order valence-electron chi connectivity index (χ4n) is 3.69. The minimum atomic E-state index is -0.151. The highest BCUT2D eigenvalue weighted by Crippen LogP contribution is 2.39. The lowest BCUT2D eigenvalue weighted by Gasteiger charge is -2.17. The zero-order chi connectivity index (χ0) is 22.0. The Morgan fingerprint density at radius 2 is 2.32 bits per heavy atom. The summed E-state index contributed by atoms with van der Waals surface area (Å²) in [6.45, 7) is 5.02. The number of hydrogen-bond donors (Lipinski definition) is 1. The van der Waals surface area contributed by atoms with Crippen LogP contribution in [0.5, 0.6) is 0 Å². The molecule has 0 aliphatic heterocycles. The fraction of sp³-hybridized carbons (Fsp3) is 0.429. The highest BCUT2D eigenvalue weighted by molar-refractivity contribution is 9.10. The van der Waals surface area contributed by atoms with Crippen molar-refractivity contribution in [2.75, 3.05) is 11.1 Å². The van der Waals surface area contributed by atoms with Crippen LogP contribution in [0.3, 0.4) is 0 Å². The molecule has 0 fully saturated rings. The molecular weight excluding hydrogens is 498 g/mol. The lowest BCUT2D eigenvalue weighted by molar-refractivity contribution is -0.113. The second kappa shape index (κ2) is 9.59. The van der Waals surface area contributed by atoms with Crippen molar-refractivity contribution in [2.45, 2.75) is 51.2 Å². The molecule has 1 aliphatic rings. The minimum absolute atomic E-state index is 0.151. The fourth-order valence-corrected chi connectivity index (χ4v) is 6.14. The van der Waals surface area contributed by atoms with Gasteiger partial charge in [0.25, 0.3) is 0 Å². The SMILES string of the molecule is CCCn1c(SCC(=O)Nc2sc3c(c2C#N)CCC(C)C3)nnc1-c1ccc(Br)o1. The van der Waals surface area contributed by atoms with Gasteiger partial charge in [-0.1, -0.05) is 25.6 Å². The van der Waals surface area contributed by atoms with Crippen LogP contribution in [0.25, 0.3) is 11.6 Å². The van der Waals surface area contributed by atoms with Crippen LogP contribution in [-0.4, -0.2) is 26.4 Å². The van der Waals surface area contributed by atoms with Crippen molar-refractivity contribution in [3.05, 3.63) is 32.8 Å². The van der Waals surface area contributed by atoms with E-state index in [0.717, 1.165) is 37.8 Å². The number of thiophene rings is 1. The van der Waals surface area contributed by atoms with Gasteiger partial charge in [0.2, 0.25) is 11.7 Å². The zero-order valence-electron chi connectivity index (χ0n) is 17.3. The summed E-state index contributed by atoms with van der Waals surface area (Å²) in [6.07, 6.45) is 3.87. The summed E-state index contributed by atoms with van der Waals surface area (Å²) in [6, 6.07) is 5.95. The van der Waals surface area contributed by atoms with Crippen LogP contribution in [0.15, 0.2) is 26.4 Å². The summed E-state index contributed by atoms with van der Waals surface area (Å²) in [7, 11) is 0. The lowest BCUT2D eigenvalue weighted by Crippen LogP contribution is -2.15. The lowest BCUT2D eigenvalue weighted by atomic mass is 9.89. The number of nitrogens with one attached hydrogen (secondary N) is 1. The standard InChI is InChI=1S/C21H22BrN5O2S2/c1-3-8-27-19(15-6-7-17(22)29-15)25-26-21(27)30-11-18(28)24-20-14(10-23)13-5-4-12(2)9-16(13)31-20/h6-7,12H,3-5,8-9,11H2,1-2H3,(H,24,28). The largest absolute Gasteiger partial charge is 0.446 e. The second-order valence-electron chi connectivity index (χ2n) is 7.57. The average Bonchev–Trinajstić information content (AvgIpc) is 3.43. The number of halogens is 1. The van der Waals surface area contributed by atoms with Crippen molar-refractivity contribution in [1.82, 2.24) is 14.8 Å². The number of hydrogen-bond acceptors (Lipinski definition) is 7. The number of carbonyl (C=O) groups excluding carboxylic acids is 1. The molecule has 0 saturated heterocycles. The topological polar surface area (TPSA) is 96.7 Å². The first-order valence-corrected chi connectivity index (χ1v) is 12.8. The zero-order valence-corrected chi connectivity index (χ0v) is 20.5. The second-order valence-corrected chi connectivity index (χ2v) is 10.4. The quantitative estimate of drug-likeness (QED) is 0.414. The van der Waals surface area contributed by atoms with E-state index in [1.54, 1.807) is 11.3 Å². The number of furan rings is 1. The smallest absolute Gasteiger partial charge is 0.235 e. The van der Waals surface area contributed by atoms with Gasteiger partial charge >= 0.3 is 0 Å². The molecule has 3 heterocycles. The van der Waals surface area contributed by atoms with Gasteiger partial charge in [0.05, 0.1) is 11.3 Å². The maximum atomic E-state index is 12.7. The van der Waals surface area contributed by atoms with Crippen LogP contribution in [-0.2, 0) is 24.2 Å². The van der Waals surface area contributed by atoms with Crippen LogP contribution in [0.2, 0.25) is 0 Å². The Labute approximate surface area is 197 Å². The molecule has 1 atom stereocenters. The molecule has 1 amide bonds. The van der Waals surface area contributed by atoms with Crippen molar-refractivity contribution in [3.8, 4) is 17.7 Å². The van der Waals surface area contributed by atoms with Crippen LogP contribution >= 0.6 is 39.0 Å². The van der Waals surface area contributed by atoms with E-state index in [1.807, 2.05) is 16.7 Å². The number of nitrogens with zero attached hydrogens (tertiary/aromatic N) is 4. The molecule has 1 unspecified atom stereocenters. The van der Waals surface area contributed by atoms with Crippen LogP contribution in [0, 0.1) is 17.2 Å². The molecule has 162 valence electrons. The highest BCUT2D eigenvalue weighted by atomic mass is 79.9. The van der Waals surface area contributed by atoms with E-state index in [-0.39, 0.29) is 11.7 Å².